The van der Waals surface area contributed by atoms with Crippen LogP contribution >= 0.6 is 0 Å². The fourth-order valence-electron chi connectivity index (χ4n) is 1.87. The van der Waals surface area contributed by atoms with E-state index in [9.17, 15) is 10.1 Å². The molecule has 2 rings (SSSR count). The lowest BCUT2D eigenvalue weighted by Gasteiger charge is -2.15. The van der Waals surface area contributed by atoms with E-state index in [0.29, 0.717) is 0 Å². The number of nitrogens with zero attached hydrogens (tertiary/aromatic N) is 1. The van der Waals surface area contributed by atoms with Gasteiger partial charge in [-0.25, -0.2) is 0 Å². The lowest BCUT2D eigenvalue weighted by Crippen LogP contribution is -2.06. The number of non-ortho nitro benzene ring substituents is 1. The third kappa shape index (κ3) is 3.31. The molecule has 0 amide bonds. The molecule has 0 radical (unpaired) electrons. The van der Waals surface area contributed by atoms with Gasteiger partial charge in [-0.2, -0.15) is 0 Å². The molecule has 1 N–H and O–H groups in total. The molecule has 0 saturated carbocycles. The summed E-state index contributed by atoms with van der Waals surface area (Å²) in [5.41, 5.74) is 3.39. The van der Waals surface area contributed by atoms with Crippen molar-refractivity contribution in [2.45, 2.75) is 19.9 Å². The molecule has 2 aromatic carbocycles. The van der Waals surface area contributed by atoms with Gasteiger partial charge in [0.15, 0.2) is 0 Å². The van der Waals surface area contributed by atoms with Crippen molar-refractivity contribution in [3.05, 3.63) is 69.8 Å². The first-order valence-corrected chi connectivity index (χ1v) is 6.14. The Kier molecular flexibility index (Phi) is 3.80. The summed E-state index contributed by atoms with van der Waals surface area (Å²) in [5, 5.41) is 14.0. The summed E-state index contributed by atoms with van der Waals surface area (Å²) in [7, 11) is 0. The zero-order valence-electron chi connectivity index (χ0n) is 11.0. The summed E-state index contributed by atoms with van der Waals surface area (Å²) < 4.78 is 0. The number of aryl methyl sites for hydroxylation is 1. The van der Waals surface area contributed by atoms with E-state index in [1.807, 2.05) is 38.1 Å². The fourth-order valence-corrected chi connectivity index (χ4v) is 1.87. The van der Waals surface area contributed by atoms with Crippen molar-refractivity contribution in [2.24, 2.45) is 0 Å². The second-order valence-electron chi connectivity index (χ2n) is 4.58. The van der Waals surface area contributed by atoms with Crippen molar-refractivity contribution >= 4 is 11.4 Å². The Labute approximate surface area is 112 Å². The molecule has 0 aliphatic rings. The molecule has 0 spiro atoms. The minimum atomic E-state index is -0.387. The first kappa shape index (κ1) is 13.1. The van der Waals surface area contributed by atoms with Gasteiger partial charge in [0.2, 0.25) is 0 Å². The van der Waals surface area contributed by atoms with Gasteiger partial charge in [-0.05, 0) is 31.5 Å². The van der Waals surface area contributed by atoms with E-state index in [1.54, 1.807) is 12.1 Å². The highest BCUT2D eigenvalue weighted by molar-refractivity contribution is 5.47. The van der Waals surface area contributed by atoms with E-state index in [2.05, 4.69) is 5.32 Å². The molecule has 0 aliphatic carbocycles. The Bertz CT molecular complexity index is 562. The average molecular weight is 256 g/mol. The van der Waals surface area contributed by atoms with E-state index >= 15 is 0 Å². The van der Waals surface area contributed by atoms with Crippen molar-refractivity contribution in [1.29, 1.82) is 0 Å². The van der Waals surface area contributed by atoms with Crippen LogP contribution in [-0.2, 0) is 0 Å². The molecular weight excluding hydrogens is 240 g/mol. The van der Waals surface area contributed by atoms with Gasteiger partial charge < -0.3 is 5.32 Å². The molecule has 0 fully saturated rings. The second-order valence-corrected chi connectivity index (χ2v) is 4.58. The quantitative estimate of drug-likeness (QED) is 0.662. The fraction of sp³-hybridized carbons (Fsp3) is 0.200. The third-order valence-corrected chi connectivity index (χ3v) is 3.04. The Hall–Kier alpha value is -2.36. The molecular formula is C15H16N2O2. The van der Waals surface area contributed by atoms with Gasteiger partial charge in [0, 0.05) is 23.9 Å². The first-order valence-electron chi connectivity index (χ1n) is 6.14. The van der Waals surface area contributed by atoms with E-state index < -0.39 is 0 Å². The number of nitro benzene ring substituents is 1. The maximum absolute atomic E-state index is 10.6. The summed E-state index contributed by atoms with van der Waals surface area (Å²) in [5.74, 6) is 0. The topological polar surface area (TPSA) is 55.2 Å². The predicted octanol–water partition coefficient (Wildman–Crippen LogP) is 4.08. The number of hydrogen-bond acceptors (Lipinski definition) is 3. The largest absolute Gasteiger partial charge is 0.379 e. The van der Waals surface area contributed by atoms with Crippen LogP contribution in [0.3, 0.4) is 0 Å². The Morgan fingerprint density at radius 2 is 1.63 bits per heavy atom. The Morgan fingerprint density at radius 1 is 1.05 bits per heavy atom. The van der Waals surface area contributed by atoms with Crippen molar-refractivity contribution in [2.75, 3.05) is 5.32 Å². The smallest absolute Gasteiger partial charge is 0.269 e. The number of rotatable bonds is 4. The van der Waals surface area contributed by atoms with E-state index in [1.165, 1.54) is 17.7 Å². The van der Waals surface area contributed by atoms with Crippen molar-refractivity contribution in [3.63, 3.8) is 0 Å². The molecule has 4 heteroatoms. The molecule has 0 bridgehead atoms. The summed E-state index contributed by atoms with van der Waals surface area (Å²) in [4.78, 5) is 10.2. The van der Waals surface area contributed by atoms with Gasteiger partial charge in [0.05, 0.1) is 4.92 Å². The standard InChI is InChI=1S/C15H16N2O2/c1-11-3-7-14(8-4-11)16-12(2)13-5-9-15(10-6-13)17(18)19/h3-10,12,16H,1-2H3. The summed E-state index contributed by atoms with van der Waals surface area (Å²) in [6.45, 7) is 4.07. The maximum atomic E-state index is 10.6. The number of nitro groups is 1. The summed E-state index contributed by atoms with van der Waals surface area (Å²) in [6.07, 6.45) is 0. The minimum Gasteiger partial charge on any atom is -0.379 e. The molecule has 1 unspecified atom stereocenters. The number of benzene rings is 2. The normalized spacial score (nSPS) is 11.9. The second kappa shape index (κ2) is 5.52. The van der Waals surface area contributed by atoms with Crippen LogP contribution in [0.15, 0.2) is 48.5 Å². The van der Waals surface area contributed by atoms with Crippen LogP contribution < -0.4 is 5.32 Å². The summed E-state index contributed by atoms with van der Waals surface area (Å²) in [6, 6.07) is 14.9. The highest BCUT2D eigenvalue weighted by atomic mass is 16.6. The molecule has 19 heavy (non-hydrogen) atoms. The van der Waals surface area contributed by atoms with Gasteiger partial charge >= 0.3 is 0 Å². The Morgan fingerprint density at radius 3 is 2.16 bits per heavy atom. The van der Waals surface area contributed by atoms with Crippen LogP contribution in [0, 0.1) is 17.0 Å². The molecule has 0 heterocycles. The van der Waals surface area contributed by atoms with E-state index in [4.69, 9.17) is 0 Å². The number of anilines is 1. The summed E-state index contributed by atoms with van der Waals surface area (Å²) >= 11 is 0. The maximum Gasteiger partial charge on any atom is 0.269 e. The molecule has 0 aromatic heterocycles. The van der Waals surface area contributed by atoms with E-state index in [0.717, 1.165) is 11.3 Å². The molecule has 0 aliphatic heterocycles. The van der Waals surface area contributed by atoms with Crippen molar-refractivity contribution in [1.82, 2.24) is 0 Å². The first-order chi connectivity index (χ1) is 9.06. The zero-order valence-corrected chi connectivity index (χ0v) is 11.0. The highest BCUT2D eigenvalue weighted by Gasteiger charge is 2.08. The van der Waals surface area contributed by atoms with Crippen LogP contribution in [0.25, 0.3) is 0 Å². The molecule has 0 saturated heterocycles. The lowest BCUT2D eigenvalue weighted by molar-refractivity contribution is -0.384. The van der Waals surface area contributed by atoms with Crippen molar-refractivity contribution in [3.8, 4) is 0 Å². The SMILES string of the molecule is Cc1ccc(NC(C)c2ccc([N+](=O)[O-])cc2)cc1. The van der Waals surface area contributed by atoms with Crippen LogP contribution in [0.2, 0.25) is 0 Å². The molecule has 1 atom stereocenters. The average Bonchev–Trinajstić information content (AvgIpc) is 2.41. The van der Waals surface area contributed by atoms with Gasteiger partial charge in [0.25, 0.3) is 5.69 Å². The van der Waals surface area contributed by atoms with Crippen LogP contribution in [0.5, 0.6) is 0 Å². The van der Waals surface area contributed by atoms with Crippen LogP contribution in [-0.4, -0.2) is 4.92 Å². The van der Waals surface area contributed by atoms with Gasteiger partial charge in [-0.1, -0.05) is 29.8 Å². The minimum absolute atomic E-state index is 0.100. The van der Waals surface area contributed by atoms with Crippen LogP contribution in [0.4, 0.5) is 11.4 Å². The zero-order chi connectivity index (χ0) is 13.8. The molecule has 2 aromatic rings. The number of hydrogen-bond donors (Lipinski definition) is 1. The predicted molar refractivity (Wildman–Crippen MR) is 76.3 cm³/mol. The molecule has 4 nitrogen and oxygen atoms in total. The van der Waals surface area contributed by atoms with Gasteiger partial charge in [-0.15, -0.1) is 0 Å². The third-order valence-electron chi connectivity index (χ3n) is 3.04. The number of nitrogens with one attached hydrogen (secondary N) is 1. The van der Waals surface area contributed by atoms with Crippen molar-refractivity contribution < 1.29 is 4.92 Å². The van der Waals surface area contributed by atoms with E-state index in [-0.39, 0.29) is 16.7 Å². The molecule has 98 valence electrons. The highest BCUT2D eigenvalue weighted by Crippen LogP contribution is 2.21. The van der Waals surface area contributed by atoms with Gasteiger partial charge in [-0.3, -0.25) is 10.1 Å². The Balaban J connectivity index is 2.09. The lowest BCUT2D eigenvalue weighted by atomic mass is 10.1. The van der Waals surface area contributed by atoms with Crippen LogP contribution in [0.1, 0.15) is 24.1 Å². The van der Waals surface area contributed by atoms with Gasteiger partial charge in [0.1, 0.15) is 0 Å². The monoisotopic (exact) mass is 256 g/mol.